The summed E-state index contributed by atoms with van der Waals surface area (Å²) >= 11 is 0. The lowest BCUT2D eigenvalue weighted by Gasteiger charge is -2.23. The number of benzene rings is 1. The predicted octanol–water partition coefficient (Wildman–Crippen LogP) is 3.95. The first kappa shape index (κ1) is 18.0. The van der Waals surface area contributed by atoms with Crippen LogP contribution in [0.15, 0.2) is 34.9 Å². The standard InChI is InChI=1S/C19H23N3O4/c1-12(2)15-11-17(26-21-15)16-5-4-10-22(16)19(24)20-14-8-6-13(7-9-14)18(23)25-3/h6-9,11-12,16H,4-5,10H2,1-3H3,(H,20,24). The Balaban J connectivity index is 1.69. The Bertz CT molecular complexity index is 782. The lowest BCUT2D eigenvalue weighted by atomic mass is 10.1. The Morgan fingerprint density at radius 1 is 1.31 bits per heavy atom. The quantitative estimate of drug-likeness (QED) is 0.838. The van der Waals surface area contributed by atoms with Crippen LogP contribution in [-0.2, 0) is 4.74 Å². The van der Waals surface area contributed by atoms with Crippen molar-refractivity contribution in [1.82, 2.24) is 10.1 Å². The third kappa shape index (κ3) is 3.71. The highest BCUT2D eigenvalue weighted by atomic mass is 16.5. The van der Waals surface area contributed by atoms with Crippen LogP contribution >= 0.6 is 0 Å². The van der Waals surface area contributed by atoms with Gasteiger partial charge < -0.3 is 19.5 Å². The number of carbonyl (C=O) groups is 2. The number of likely N-dealkylation sites (tertiary alicyclic amines) is 1. The predicted molar refractivity (Wildman–Crippen MR) is 96.1 cm³/mol. The summed E-state index contributed by atoms with van der Waals surface area (Å²) in [6, 6.07) is 8.24. The zero-order chi connectivity index (χ0) is 18.7. The van der Waals surface area contributed by atoms with Gasteiger partial charge >= 0.3 is 12.0 Å². The normalized spacial score (nSPS) is 16.8. The largest absolute Gasteiger partial charge is 0.465 e. The number of nitrogens with zero attached hydrogens (tertiary/aromatic N) is 2. The molecule has 2 aromatic rings. The SMILES string of the molecule is COC(=O)c1ccc(NC(=O)N2CCCC2c2cc(C(C)C)no2)cc1. The van der Waals surface area contributed by atoms with Gasteiger partial charge in [-0.25, -0.2) is 9.59 Å². The van der Waals surface area contributed by atoms with Crippen LogP contribution in [-0.4, -0.2) is 35.7 Å². The Labute approximate surface area is 152 Å². The number of amides is 2. The number of aromatic nitrogens is 1. The van der Waals surface area contributed by atoms with E-state index >= 15 is 0 Å². The van der Waals surface area contributed by atoms with Crippen molar-refractivity contribution in [2.24, 2.45) is 0 Å². The van der Waals surface area contributed by atoms with Gasteiger partial charge in [0.25, 0.3) is 0 Å². The Kier molecular flexibility index (Phi) is 5.25. The van der Waals surface area contributed by atoms with Gasteiger partial charge in [-0.2, -0.15) is 0 Å². The number of hydrogen-bond acceptors (Lipinski definition) is 5. The second kappa shape index (κ2) is 7.59. The molecule has 1 atom stereocenters. The van der Waals surface area contributed by atoms with Crippen LogP contribution in [0.4, 0.5) is 10.5 Å². The van der Waals surface area contributed by atoms with Crippen LogP contribution in [0.3, 0.4) is 0 Å². The van der Waals surface area contributed by atoms with Gasteiger partial charge in [0.2, 0.25) is 0 Å². The number of carbonyl (C=O) groups excluding carboxylic acids is 2. The fraction of sp³-hybridized carbons (Fsp3) is 0.421. The van der Waals surface area contributed by atoms with Crippen LogP contribution in [0, 0.1) is 0 Å². The minimum absolute atomic E-state index is 0.107. The monoisotopic (exact) mass is 357 g/mol. The molecule has 26 heavy (non-hydrogen) atoms. The van der Waals surface area contributed by atoms with E-state index < -0.39 is 5.97 Å². The molecule has 1 saturated heterocycles. The van der Waals surface area contributed by atoms with Crippen LogP contribution < -0.4 is 5.32 Å². The highest BCUT2D eigenvalue weighted by molar-refractivity contribution is 5.92. The molecule has 3 rings (SSSR count). The number of hydrogen-bond donors (Lipinski definition) is 1. The molecular weight excluding hydrogens is 334 g/mol. The maximum absolute atomic E-state index is 12.7. The fourth-order valence-electron chi connectivity index (χ4n) is 3.04. The van der Waals surface area contributed by atoms with Crippen molar-refractivity contribution < 1.29 is 18.8 Å². The second-order valence-corrected chi connectivity index (χ2v) is 6.66. The highest BCUT2D eigenvalue weighted by Gasteiger charge is 2.33. The highest BCUT2D eigenvalue weighted by Crippen LogP contribution is 2.33. The molecule has 0 saturated carbocycles. The van der Waals surface area contributed by atoms with Crippen molar-refractivity contribution in [3.63, 3.8) is 0 Å². The number of urea groups is 1. The third-order valence-corrected chi connectivity index (χ3v) is 4.54. The molecule has 138 valence electrons. The molecule has 0 aliphatic carbocycles. The summed E-state index contributed by atoms with van der Waals surface area (Å²) in [7, 11) is 1.33. The lowest BCUT2D eigenvalue weighted by Crippen LogP contribution is -2.34. The molecule has 1 fully saturated rings. The van der Waals surface area contributed by atoms with Crippen molar-refractivity contribution in [1.29, 1.82) is 0 Å². The van der Waals surface area contributed by atoms with E-state index in [0.29, 0.717) is 17.8 Å². The number of esters is 1. The summed E-state index contributed by atoms with van der Waals surface area (Å²) in [6.07, 6.45) is 1.76. The van der Waals surface area contributed by atoms with Gasteiger partial charge in [-0.1, -0.05) is 19.0 Å². The van der Waals surface area contributed by atoms with Crippen molar-refractivity contribution >= 4 is 17.7 Å². The molecule has 1 N–H and O–H groups in total. The molecule has 1 aromatic carbocycles. The molecule has 1 unspecified atom stereocenters. The first-order valence-corrected chi connectivity index (χ1v) is 8.72. The molecule has 1 aliphatic rings. The number of methoxy groups -OCH3 is 1. The zero-order valence-electron chi connectivity index (χ0n) is 15.2. The Morgan fingerprint density at radius 3 is 2.65 bits per heavy atom. The fourth-order valence-corrected chi connectivity index (χ4v) is 3.04. The van der Waals surface area contributed by atoms with Gasteiger partial charge in [0.05, 0.1) is 24.4 Å². The topological polar surface area (TPSA) is 84.7 Å². The summed E-state index contributed by atoms with van der Waals surface area (Å²) in [5.41, 5.74) is 1.95. The average molecular weight is 357 g/mol. The van der Waals surface area contributed by atoms with Gasteiger partial charge in [-0.05, 0) is 43.0 Å². The molecule has 0 radical (unpaired) electrons. The lowest BCUT2D eigenvalue weighted by molar-refractivity contribution is 0.0600. The van der Waals surface area contributed by atoms with E-state index in [2.05, 4.69) is 29.1 Å². The zero-order valence-corrected chi connectivity index (χ0v) is 15.2. The minimum atomic E-state index is -0.409. The van der Waals surface area contributed by atoms with Gasteiger partial charge in [-0.3, -0.25) is 0 Å². The van der Waals surface area contributed by atoms with Gasteiger partial charge in [0.1, 0.15) is 0 Å². The number of anilines is 1. The minimum Gasteiger partial charge on any atom is -0.465 e. The molecule has 7 heteroatoms. The van der Waals surface area contributed by atoms with Crippen molar-refractivity contribution in [3.05, 3.63) is 47.3 Å². The van der Waals surface area contributed by atoms with E-state index in [9.17, 15) is 9.59 Å². The van der Waals surface area contributed by atoms with E-state index in [-0.39, 0.29) is 18.0 Å². The maximum Gasteiger partial charge on any atom is 0.337 e. The third-order valence-electron chi connectivity index (χ3n) is 4.54. The molecule has 2 heterocycles. The first-order chi connectivity index (χ1) is 12.5. The molecule has 7 nitrogen and oxygen atoms in total. The van der Waals surface area contributed by atoms with Crippen molar-refractivity contribution in [2.45, 2.75) is 38.6 Å². The molecule has 0 bridgehead atoms. The van der Waals surface area contributed by atoms with E-state index in [1.54, 1.807) is 29.2 Å². The van der Waals surface area contributed by atoms with Gasteiger partial charge in [0, 0.05) is 18.3 Å². The van der Waals surface area contributed by atoms with Crippen LogP contribution in [0.2, 0.25) is 0 Å². The number of ether oxygens (including phenoxy) is 1. The first-order valence-electron chi connectivity index (χ1n) is 8.72. The summed E-state index contributed by atoms with van der Waals surface area (Å²) in [6.45, 7) is 4.77. The van der Waals surface area contributed by atoms with Crippen LogP contribution in [0.25, 0.3) is 0 Å². The second-order valence-electron chi connectivity index (χ2n) is 6.66. The van der Waals surface area contributed by atoms with Crippen LogP contribution in [0.1, 0.15) is 60.5 Å². The summed E-state index contributed by atoms with van der Waals surface area (Å²) in [4.78, 5) is 25.9. The van der Waals surface area contributed by atoms with E-state index in [1.165, 1.54) is 7.11 Å². The molecule has 1 aliphatic heterocycles. The van der Waals surface area contributed by atoms with E-state index in [1.807, 2.05) is 6.07 Å². The molecular formula is C19H23N3O4. The van der Waals surface area contributed by atoms with Crippen molar-refractivity contribution in [3.8, 4) is 0 Å². The van der Waals surface area contributed by atoms with Gasteiger partial charge in [-0.15, -0.1) is 0 Å². The van der Waals surface area contributed by atoms with E-state index in [0.717, 1.165) is 24.3 Å². The summed E-state index contributed by atoms with van der Waals surface area (Å²) < 4.78 is 10.1. The Hall–Kier alpha value is -2.83. The molecule has 1 aromatic heterocycles. The van der Waals surface area contributed by atoms with Crippen LogP contribution in [0.5, 0.6) is 0 Å². The number of nitrogens with one attached hydrogen (secondary N) is 1. The molecule has 0 spiro atoms. The maximum atomic E-state index is 12.7. The number of rotatable bonds is 4. The van der Waals surface area contributed by atoms with E-state index in [4.69, 9.17) is 4.52 Å². The smallest absolute Gasteiger partial charge is 0.337 e. The summed E-state index contributed by atoms with van der Waals surface area (Å²) in [5, 5.41) is 6.97. The van der Waals surface area contributed by atoms with Crippen molar-refractivity contribution in [2.75, 3.05) is 19.0 Å². The average Bonchev–Trinajstić information content (AvgIpc) is 3.30. The summed E-state index contributed by atoms with van der Waals surface area (Å²) in [5.74, 6) is 0.598. The van der Waals surface area contributed by atoms with Gasteiger partial charge in [0.15, 0.2) is 5.76 Å². The Morgan fingerprint density at radius 2 is 2.04 bits per heavy atom. The molecule has 2 amide bonds.